The Hall–Kier alpha value is -0.0500. The molecule has 2 nitrogen and oxygen atoms in total. The van der Waals surface area contributed by atoms with Gasteiger partial charge in [-0.3, -0.25) is 4.79 Å². The Morgan fingerprint density at radius 3 is 2.35 bits per heavy atom. The molecule has 1 fully saturated rings. The molecular weight excluding hydrogens is 278 g/mol. The van der Waals surface area contributed by atoms with Gasteiger partial charge in [0.2, 0.25) is 5.91 Å². The van der Waals surface area contributed by atoms with Crippen LogP contribution in [0.2, 0.25) is 0 Å². The van der Waals surface area contributed by atoms with Crippen molar-refractivity contribution >= 4 is 21.8 Å². The predicted octanol–water partition coefficient (Wildman–Crippen LogP) is 3.98. The Kier molecular flexibility index (Phi) is 7.91. The molecule has 0 atom stereocenters. The molecule has 100 valence electrons. The lowest BCUT2D eigenvalue weighted by molar-refractivity contribution is -0.134. The normalized spacial score (nSPS) is 17.8. The van der Waals surface area contributed by atoms with Gasteiger partial charge in [0, 0.05) is 24.8 Å². The van der Waals surface area contributed by atoms with Crippen molar-refractivity contribution in [3.8, 4) is 0 Å². The molecule has 0 aliphatic heterocycles. The molecule has 1 aliphatic rings. The lowest BCUT2D eigenvalue weighted by atomic mass is 9.99. The van der Waals surface area contributed by atoms with Crippen LogP contribution in [0.25, 0.3) is 0 Å². The summed E-state index contributed by atoms with van der Waals surface area (Å²) in [6, 6.07) is 0. The fourth-order valence-electron chi connectivity index (χ4n) is 2.57. The summed E-state index contributed by atoms with van der Waals surface area (Å²) in [7, 11) is 1.97. The Morgan fingerprint density at radius 1 is 1.12 bits per heavy atom. The lowest BCUT2D eigenvalue weighted by Gasteiger charge is -2.22. The first-order chi connectivity index (χ1) is 8.25. The largest absolute Gasteiger partial charge is 0.346 e. The number of carbonyl (C=O) groups excluding carboxylic acids is 1. The maximum absolute atomic E-state index is 12.2. The second-order valence-electron chi connectivity index (χ2n) is 5.20. The van der Waals surface area contributed by atoms with E-state index in [9.17, 15) is 4.79 Å². The van der Waals surface area contributed by atoms with Crippen LogP contribution >= 0.6 is 15.9 Å². The van der Waals surface area contributed by atoms with Crippen LogP contribution in [0.3, 0.4) is 0 Å². The van der Waals surface area contributed by atoms with Gasteiger partial charge >= 0.3 is 0 Å². The molecule has 0 aromatic rings. The van der Waals surface area contributed by atoms with Crippen LogP contribution in [-0.2, 0) is 4.79 Å². The maximum atomic E-state index is 12.2. The van der Waals surface area contributed by atoms with E-state index in [0.717, 1.165) is 31.1 Å². The molecule has 0 heterocycles. The van der Waals surface area contributed by atoms with Gasteiger partial charge in [0.25, 0.3) is 0 Å². The van der Waals surface area contributed by atoms with E-state index in [0.29, 0.717) is 11.8 Å². The lowest BCUT2D eigenvalue weighted by Crippen LogP contribution is -2.33. The number of amides is 1. The molecule has 1 rings (SSSR count). The third-order valence-electron chi connectivity index (χ3n) is 3.71. The summed E-state index contributed by atoms with van der Waals surface area (Å²) in [5.41, 5.74) is 0. The molecule has 0 N–H and O–H groups in total. The minimum Gasteiger partial charge on any atom is -0.346 e. The molecule has 0 unspecified atom stereocenters. The maximum Gasteiger partial charge on any atom is 0.225 e. The number of rotatable bonds is 6. The highest BCUT2D eigenvalue weighted by molar-refractivity contribution is 9.09. The second kappa shape index (κ2) is 8.96. The summed E-state index contributed by atoms with van der Waals surface area (Å²) in [5, 5.41) is 1.08. The van der Waals surface area contributed by atoms with Gasteiger partial charge in [-0.05, 0) is 25.7 Å². The molecule has 3 heteroatoms. The molecule has 0 radical (unpaired) electrons. The van der Waals surface area contributed by atoms with E-state index in [-0.39, 0.29) is 0 Å². The van der Waals surface area contributed by atoms with Crippen LogP contribution in [-0.4, -0.2) is 29.7 Å². The van der Waals surface area contributed by atoms with Gasteiger partial charge in [-0.1, -0.05) is 48.0 Å². The zero-order chi connectivity index (χ0) is 12.5. The number of carbonyl (C=O) groups is 1. The van der Waals surface area contributed by atoms with E-state index < -0.39 is 0 Å². The average Bonchev–Trinajstić information content (AvgIpc) is 2.62. The van der Waals surface area contributed by atoms with E-state index in [2.05, 4.69) is 15.9 Å². The predicted molar refractivity (Wildman–Crippen MR) is 76.5 cm³/mol. The van der Waals surface area contributed by atoms with Crippen molar-refractivity contribution in [2.75, 3.05) is 18.9 Å². The molecule has 0 bridgehead atoms. The van der Waals surface area contributed by atoms with Crippen LogP contribution < -0.4 is 0 Å². The van der Waals surface area contributed by atoms with Crippen molar-refractivity contribution in [1.82, 2.24) is 4.90 Å². The van der Waals surface area contributed by atoms with E-state index in [1.807, 2.05) is 11.9 Å². The number of hydrogen-bond donors (Lipinski definition) is 0. The Balaban J connectivity index is 2.24. The number of hydrogen-bond acceptors (Lipinski definition) is 1. The molecule has 0 spiro atoms. The summed E-state index contributed by atoms with van der Waals surface area (Å²) >= 11 is 3.44. The summed E-state index contributed by atoms with van der Waals surface area (Å²) in [5.74, 6) is 0.712. The Bertz CT molecular complexity index is 212. The van der Waals surface area contributed by atoms with Gasteiger partial charge in [0.15, 0.2) is 0 Å². The van der Waals surface area contributed by atoms with Gasteiger partial charge < -0.3 is 4.90 Å². The standard InChI is InChI=1S/C14H26BrNO/c1-16(12-8-4-7-11-15)14(17)13-9-5-2-3-6-10-13/h13H,2-12H2,1H3. The molecule has 17 heavy (non-hydrogen) atoms. The number of alkyl halides is 1. The third kappa shape index (κ3) is 5.89. The molecular formula is C14H26BrNO. The minimum absolute atomic E-state index is 0.318. The van der Waals surface area contributed by atoms with Crippen LogP contribution in [0.1, 0.15) is 57.8 Å². The number of nitrogens with zero attached hydrogens (tertiary/aromatic N) is 1. The molecule has 0 aromatic carbocycles. The van der Waals surface area contributed by atoms with Crippen LogP contribution in [0, 0.1) is 5.92 Å². The number of unbranched alkanes of at least 4 members (excludes halogenated alkanes) is 2. The first kappa shape index (κ1) is 15.0. The van der Waals surface area contributed by atoms with Gasteiger partial charge in [0.1, 0.15) is 0 Å². The summed E-state index contributed by atoms with van der Waals surface area (Å²) < 4.78 is 0. The van der Waals surface area contributed by atoms with Crippen molar-refractivity contribution in [3.63, 3.8) is 0 Å². The van der Waals surface area contributed by atoms with Crippen molar-refractivity contribution in [1.29, 1.82) is 0 Å². The summed E-state index contributed by atoms with van der Waals surface area (Å²) in [6.07, 6.45) is 10.9. The Morgan fingerprint density at radius 2 is 1.76 bits per heavy atom. The molecule has 0 saturated heterocycles. The minimum atomic E-state index is 0.318. The molecule has 1 aliphatic carbocycles. The highest BCUT2D eigenvalue weighted by atomic mass is 79.9. The highest BCUT2D eigenvalue weighted by Gasteiger charge is 2.22. The van der Waals surface area contributed by atoms with Crippen molar-refractivity contribution in [3.05, 3.63) is 0 Å². The topological polar surface area (TPSA) is 20.3 Å². The smallest absolute Gasteiger partial charge is 0.225 e. The zero-order valence-electron chi connectivity index (χ0n) is 11.1. The summed E-state index contributed by atoms with van der Waals surface area (Å²) in [4.78, 5) is 14.2. The van der Waals surface area contributed by atoms with Crippen LogP contribution in [0.5, 0.6) is 0 Å². The Labute approximate surface area is 114 Å². The average molecular weight is 304 g/mol. The van der Waals surface area contributed by atoms with Gasteiger partial charge in [-0.25, -0.2) is 0 Å². The van der Waals surface area contributed by atoms with E-state index in [1.54, 1.807) is 0 Å². The van der Waals surface area contributed by atoms with E-state index in [4.69, 9.17) is 0 Å². The van der Waals surface area contributed by atoms with Crippen molar-refractivity contribution in [2.24, 2.45) is 5.92 Å². The van der Waals surface area contributed by atoms with Crippen LogP contribution in [0.4, 0.5) is 0 Å². The molecule has 0 aromatic heterocycles. The highest BCUT2D eigenvalue weighted by Crippen LogP contribution is 2.24. The van der Waals surface area contributed by atoms with Gasteiger partial charge in [-0.2, -0.15) is 0 Å². The summed E-state index contributed by atoms with van der Waals surface area (Å²) in [6.45, 7) is 0.933. The fraction of sp³-hybridized carbons (Fsp3) is 0.929. The van der Waals surface area contributed by atoms with Gasteiger partial charge in [0.05, 0.1) is 0 Å². The first-order valence-electron chi connectivity index (χ1n) is 7.06. The van der Waals surface area contributed by atoms with Crippen molar-refractivity contribution < 1.29 is 4.79 Å². The second-order valence-corrected chi connectivity index (χ2v) is 5.99. The monoisotopic (exact) mass is 303 g/mol. The van der Waals surface area contributed by atoms with E-state index in [1.165, 1.54) is 38.5 Å². The third-order valence-corrected chi connectivity index (χ3v) is 4.27. The molecule has 1 amide bonds. The zero-order valence-corrected chi connectivity index (χ0v) is 12.7. The fourth-order valence-corrected chi connectivity index (χ4v) is 2.96. The van der Waals surface area contributed by atoms with Crippen LogP contribution in [0.15, 0.2) is 0 Å². The number of halogens is 1. The molecule has 1 saturated carbocycles. The van der Waals surface area contributed by atoms with Gasteiger partial charge in [-0.15, -0.1) is 0 Å². The van der Waals surface area contributed by atoms with Crippen molar-refractivity contribution in [2.45, 2.75) is 57.8 Å². The first-order valence-corrected chi connectivity index (χ1v) is 8.19. The SMILES string of the molecule is CN(CCCCCBr)C(=O)C1CCCCCC1. The quantitative estimate of drug-likeness (QED) is 0.413. The van der Waals surface area contributed by atoms with E-state index >= 15 is 0 Å².